The van der Waals surface area contributed by atoms with Gasteiger partial charge in [0.1, 0.15) is 35.4 Å². The number of carbonyl (C=O) groups is 1. The van der Waals surface area contributed by atoms with E-state index < -0.39 is 11.9 Å². The van der Waals surface area contributed by atoms with Gasteiger partial charge in [-0.2, -0.15) is 5.26 Å². The Balaban J connectivity index is 1.64. The van der Waals surface area contributed by atoms with Crippen LogP contribution >= 0.6 is 11.3 Å². The van der Waals surface area contributed by atoms with E-state index in [9.17, 15) is 14.4 Å². The molecule has 4 rings (SSSR count). The zero-order valence-corrected chi connectivity index (χ0v) is 18.9. The van der Waals surface area contributed by atoms with E-state index in [4.69, 9.17) is 19.9 Å². The first-order chi connectivity index (χ1) is 15.9. The molecule has 0 saturated carbocycles. The average molecular weight is 465 g/mol. The van der Waals surface area contributed by atoms with E-state index in [1.807, 2.05) is 19.1 Å². The van der Waals surface area contributed by atoms with Crippen LogP contribution in [0.15, 0.2) is 60.0 Å². The minimum absolute atomic E-state index is 0.0324. The Kier molecular flexibility index (Phi) is 6.33. The second-order valence-electron chi connectivity index (χ2n) is 7.36. The van der Waals surface area contributed by atoms with Crippen LogP contribution in [0.3, 0.4) is 0 Å². The van der Waals surface area contributed by atoms with Crippen molar-refractivity contribution in [3.8, 4) is 17.6 Å². The Morgan fingerprint density at radius 2 is 1.91 bits per heavy atom. The smallest absolute Gasteiger partial charge is 0.343 e. The number of nitriles is 1. The maximum absolute atomic E-state index is 13.1. The highest BCUT2D eigenvalue weighted by Gasteiger charge is 2.37. The molecule has 1 unspecified atom stereocenters. The summed E-state index contributed by atoms with van der Waals surface area (Å²) in [4.78, 5) is 14.0. The van der Waals surface area contributed by atoms with E-state index in [1.165, 1.54) is 23.5 Å². The molecule has 0 radical (unpaired) electrons. The Hall–Kier alpha value is -3.83. The van der Waals surface area contributed by atoms with Gasteiger partial charge in [-0.3, -0.25) is 0 Å². The molecule has 0 bridgehead atoms. The molecule has 8 heteroatoms. The summed E-state index contributed by atoms with van der Waals surface area (Å²) in [6.45, 7) is 4.08. The summed E-state index contributed by atoms with van der Waals surface area (Å²) < 4.78 is 29.8. The third kappa shape index (κ3) is 4.41. The largest absolute Gasteiger partial charge is 0.489 e. The van der Waals surface area contributed by atoms with Gasteiger partial charge in [0.15, 0.2) is 5.75 Å². The van der Waals surface area contributed by atoms with Gasteiger partial charge in [0.2, 0.25) is 5.88 Å². The number of hydrogen-bond donors (Lipinski definition) is 1. The van der Waals surface area contributed by atoms with Gasteiger partial charge in [0.25, 0.3) is 0 Å². The molecule has 2 N–H and O–H groups in total. The maximum atomic E-state index is 13.1. The number of fused-ring (bicyclic) bond motifs is 1. The topological polar surface area (TPSA) is 94.6 Å². The molecule has 1 aromatic heterocycles. The summed E-state index contributed by atoms with van der Waals surface area (Å²) in [6.07, 6.45) is 0. The fourth-order valence-corrected chi connectivity index (χ4v) is 4.87. The standard InChI is InChI=1S/C25H21FN2O4S/c1-3-30-25(29)20-14(2)33-23-21(19(12-27)24(28)32-22(20)23)16-6-10-18(11-7-16)31-13-15-4-8-17(26)9-5-15/h4-11,21H,3,13,28H2,1-2H3. The number of carbonyl (C=O) groups excluding carboxylic acids is 1. The number of esters is 1. The van der Waals surface area contributed by atoms with Crippen molar-refractivity contribution in [2.45, 2.75) is 26.4 Å². The Bertz CT molecular complexity index is 1260. The lowest BCUT2D eigenvalue weighted by molar-refractivity contribution is 0.0522. The van der Waals surface area contributed by atoms with Crippen LogP contribution in [0.2, 0.25) is 0 Å². The molecular formula is C25H21FN2O4S. The minimum atomic E-state index is -0.482. The lowest BCUT2D eigenvalue weighted by Crippen LogP contribution is -2.21. The summed E-state index contributed by atoms with van der Waals surface area (Å²) in [6, 6.07) is 15.6. The van der Waals surface area contributed by atoms with E-state index in [1.54, 1.807) is 31.2 Å². The fraction of sp³-hybridized carbons (Fsp3) is 0.200. The molecule has 0 aliphatic carbocycles. The zero-order chi connectivity index (χ0) is 23.5. The highest BCUT2D eigenvalue weighted by molar-refractivity contribution is 7.12. The number of thiophene rings is 1. The number of rotatable bonds is 6. The molecule has 0 amide bonds. The number of hydrogen-bond acceptors (Lipinski definition) is 7. The minimum Gasteiger partial charge on any atom is -0.489 e. The molecule has 0 fully saturated rings. The third-order valence-electron chi connectivity index (χ3n) is 5.23. The predicted molar refractivity (Wildman–Crippen MR) is 121 cm³/mol. The lowest BCUT2D eigenvalue weighted by atomic mass is 9.88. The number of aryl methyl sites for hydroxylation is 1. The summed E-state index contributed by atoms with van der Waals surface area (Å²) in [7, 11) is 0. The normalized spacial score (nSPS) is 14.8. The molecule has 3 aromatic rings. The quantitative estimate of drug-likeness (QED) is 0.506. The molecular weight excluding hydrogens is 443 g/mol. The third-order valence-corrected chi connectivity index (χ3v) is 6.38. The first kappa shape index (κ1) is 22.4. The van der Waals surface area contributed by atoms with Gasteiger partial charge >= 0.3 is 5.97 Å². The number of halogens is 1. The van der Waals surface area contributed by atoms with Gasteiger partial charge in [-0.1, -0.05) is 24.3 Å². The zero-order valence-electron chi connectivity index (χ0n) is 18.1. The molecule has 2 aromatic carbocycles. The van der Waals surface area contributed by atoms with Gasteiger partial charge in [-0.05, 0) is 49.2 Å². The molecule has 1 aliphatic heterocycles. The van der Waals surface area contributed by atoms with E-state index in [0.29, 0.717) is 23.7 Å². The predicted octanol–water partition coefficient (Wildman–Crippen LogP) is 5.17. The van der Waals surface area contributed by atoms with E-state index in [0.717, 1.165) is 20.9 Å². The maximum Gasteiger partial charge on any atom is 0.343 e. The highest BCUT2D eigenvalue weighted by Crippen LogP contribution is 2.49. The van der Waals surface area contributed by atoms with Crippen LogP contribution in [0, 0.1) is 24.1 Å². The first-order valence-corrected chi connectivity index (χ1v) is 11.1. The van der Waals surface area contributed by atoms with Crippen LogP contribution in [0.1, 0.15) is 44.1 Å². The molecule has 0 spiro atoms. The Morgan fingerprint density at radius 3 is 2.55 bits per heavy atom. The lowest BCUT2D eigenvalue weighted by Gasteiger charge is -2.24. The van der Waals surface area contributed by atoms with Crippen molar-refractivity contribution in [2.75, 3.05) is 6.61 Å². The van der Waals surface area contributed by atoms with Gasteiger partial charge in [-0.15, -0.1) is 11.3 Å². The van der Waals surface area contributed by atoms with Crippen molar-refractivity contribution >= 4 is 17.3 Å². The number of benzene rings is 2. The van der Waals surface area contributed by atoms with E-state index in [-0.39, 0.29) is 23.9 Å². The summed E-state index contributed by atoms with van der Waals surface area (Å²) >= 11 is 1.38. The number of nitrogens with zero attached hydrogens (tertiary/aromatic N) is 1. The van der Waals surface area contributed by atoms with Gasteiger partial charge < -0.3 is 19.9 Å². The fourth-order valence-electron chi connectivity index (χ4n) is 3.66. The van der Waals surface area contributed by atoms with E-state index in [2.05, 4.69) is 6.07 Å². The summed E-state index contributed by atoms with van der Waals surface area (Å²) in [5, 5.41) is 9.77. The summed E-state index contributed by atoms with van der Waals surface area (Å²) in [5.41, 5.74) is 8.34. The van der Waals surface area contributed by atoms with Crippen LogP contribution in [-0.2, 0) is 11.3 Å². The molecule has 168 valence electrons. The summed E-state index contributed by atoms with van der Waals surface area (Å²) in [5.74, 6) is -0.320. The second-order valence-corrected chi connectivity index (χ2v) is 8.61. The van der Waals surface area contributed by atoms with Crippen LogP contribution in [-0.4, -0.2) is 12.6 Å². The Morgan fingerprint density at radius 1 is 1.21 bits per heavy atom. The number of ether oxygens (including phenoxy) is 3. The SMILES string of the molecule is CCOC(=O)c1c(C)sc2c1OC(N)=C(C#N)C2c1ccc(OCc2ccc(F)cc2)cc1. The van der Waals surface area contributed by atoms with Crippen LogP contribution < -0.4 is 15.2 Å². The molecule has 6 nitrogen and oxygen atoms in total. The van der Waals surface area contributed by atoms with E-state index >= 15 is 0 Å². The Labute approximate surface area is 194 Å². The molecule has 2 heterocycles. The van der Waals surface area contributed by atoms with Crippen molar-refractivity contribution in [1.29, 1.82) is 5.26 Å². The van der Waals surface area contributed by atoms with Crippen LogP contribution in [0.25, 0.3) is 0 Å². The second kappa shape index (κ2) is 9.35. The highest BCUT2D eigenvalue weighted by atomic mass is 32.1. The van der Waals surface area contributed by atoms with Crippen molar-refractivity contribution in [2.24, 2.45) is 5.73 Å². The van der Waals surface area contributed by atoms with Crippen molar-refractivity contribution < 1.29 is 23.4 Å². The van der Waals surface area contributed by atoms with Crippen LogP contribution in [0.4, 0.5) is 4.39 Å². The average Bonchev–Trinajstić information content (AvgIpc) is 3.13. The first-order valence-electron chi connectivity index (χ1n) is 10.3. The molecule has 33 heavy (non-hydrogen) atoms. The van der Waals surface area contributed by atoms with Crippen molar-refractivity contribution in [3.63, 3.8) is 0 Å². The van der Waals surface area contributed by atoms with Crippen molar-refractivity contribution in [1.82, 2.24) is 0 Å². The molecule has 0 saturated heterocycles. The number of allylic oxidation sites excluding steroid dienone is 1. The van der Waals surface area contributed by atoms with Crippen LogP contribution in [0.5, 0.6) is 11.5 Å². The van der Waals surface area contributed by atoms with Gasteiger partial charge in [0.05, 0.1) is 17.4 Å². The van der Waals surface area contributed by atoms with Crippen molar-refractivity contribution in [3.05, 3.63) is 92.2 Å². The van der Waals surface area contributed by atoms with Gasteiger partial charge in [0, 0.05) is 4.88 Å². The van der Waals surface area contributed by atoms with Gasteiger partial charge in [-0.25, -0.2) is 9.18 Å². The molecule has 1 aliphatic rings. The molecule has 1 atom stereocenters. The monoisotopic (exact) mass is 464 g/mol. The number of nitrogens with two attached hydrogens (primary N) is 1.